The lowest BCUT2D eigenvalue weighted by Crippen LogP contribution is -2.50. The summed E-state index contributed by atoms with van der Waals surface area (Å²) >= 11 is 0. The summed E-state index contributed by atoms with van der Waals surface area (Å²) in [6.07, 6.45) is 1.76. The van der Waals surface area contributed by atoms with Crippen LogP contribution in [-0.2, 0) is 9.53 Å². The SMILES string of the molecule is Cc1ccc(Nc2ccccc2C(=O)OCC(=O)N2CCN(c3ccccn3)CC2)cc1. The number of rotatable bonds is 6. The maximum atomic E-state index is 12.7. The quantitative estimate of drug-likeness (QED) is 0.602. The van der Waals surface area contributed by atoms with Crippen molar-refractivity contribution in [3.63, 3.8) is 0 Å². The van der Waals surface area contributed by atoms with Gasteiger partial charge in [-0.05, 0) is 43.3 Å². The fraction of sp³-hybridized carbons (Fsp3) is 0.240. The lowest BCUT2D eigenvalue weighted by atomic mass is 10.1. The van der Waals surface area contributed by atoms with E-state index >= 15 is 0 Å². The van der Waals surface area contributed by atoms with Gasteiger partial charge in [-0.15, -0.1) is 0 Å². The maximum absolute atomic E-state index is 12.7. The van der Waals surface area contributed by atoms with Gasteiger partial charge in [-0.25, -0.2) is 9.78 Å². The molecule has 1 aliphatic heterocycles. The molecule has 1 fully saturated rings. The Morgan fingerprint density at radius 1 is 0.938 bits per heavy atom. The molecule has 0 spiro atoms. The van der Waals surface area contributed by atoms with Gasteiger partial charge in [0.2, 0.25) is 0 Å². The number of aromatic nitrogens is 1. The third-order valence-corrected chi connectivity index (χ3v) is 5.41. The van der Waals surface area contributed by atoms with Gasteiger partial charge >= 0.3 is 5.97 Å². The first kappa shape index (κ1) is 21.4. The van der Waals surface area contributed by atoms with Crippen molar-refractivity contribution in [1.82, 2.24) is 9.88 Å². The number of hydrogen-bond donors (Lipinski definition) is 1. The van der Waals surface area contributed by atoms with Gasteiger partial charge in [-0.1, -0.05) is 35.9 Å². The number of ether oxygens (including phenoxy) is 1. The number of benzene rings is 2. The lowest BCUT2D eigenvalue weighted by Gasteiger charge is -2.35. The first-order valence-corrected chi connectivity index (χ1v) is 10.6. The van der Waals surface area contributed by atoms with E-state index in [0.29, 0.717) is 37.4 Å². The Kier molecular flexibility index (Phi) is 6.65. The van der Waals surface area contributed by atoms with Gasteiger partial charge in [0.25, 0.3) is 5.91 Å². The van der Waals surface area contributed by atoms with Crippen molar-refractivity contribution >= 4 is 29.1 Å². The summed E-state index contributed by atoms with van der Waals surface area (Å²) in [5, 5.41) is 3.24. The Morgan fingerprint density at radius 3 is 2.38 bits per heavy atom. The minimum absolute atomic E-state index is 0.192. The molecule has 1 saturated heterocycles. The molecule has 3 aromatic rings. The summed E-state index contributed by atoms with van der Waals surface area (Å²) < 4.78 is 5.36. The molecule has 1 N–H and O–H groups in total. The highest BCUT2D eigenvalue weighted by molar-refractivity contribution is 5.97. The van der Waals surface area contributed by atoms with Crippen molar-refractivity contribution in [2.24, 2.45) is 0 Å². The van der Waals surface area contributed by atoms with Crippen molar-refractivity contribution < 1.29 is 14.3 Å². The molecule has 0 unspecified atom stereocenters. The molecule has 0 radical (unpaired) electrons. The second-order valence-electron chi connectivity index (χ2n) is 7.67. The van der Waals surface area contributed by atoms with E-state index in [1.807, 2.05) is 61.5 Å². The number of pyridine rings is 1. The summed E-state index contributed by atoms with van der Waals surface area (Å²) in [4.78, 5) is 33.5. The molecule has 1 aromatic heterocycles. The van der Waals surface area contributed by atoms with E-state index in [0.717, 1.165) is 17.1 Å². The molecular formula is C25H26N4O3. The number of piperazine rings is 1. The zero-order valence-corrected chi connectivity index (χ0v) is 18.0. The number of carbonyl (C=O) groups excluding carboxylic acids is 2. The van der Waals surface area contributed by atoms with Crippen LogP contribution in [0.15, 0.2) is 72.9 Å². The van der Waals surface area contributed by atoms with Crippen LogP contribution in [0.4, 0.5) is 17.2 Å². The monoisotopic (exact) mass is 430 g/mol. The van der Waals surface area contributed by atoms with Crippen LogP contribution in [0.1, 0.15) is 15.9 Å². The standard InChI is InChI=1S/C25H26N4O3/c1-19-9-11-20(12-10-19)27-22-7-3-2-6-21(22)25(31)32-18-24(30)29-16-14-28(15-17-29)23-8-4-5-13-26-23/h2-13,27H,14-18H2,1H3. The van der Waals surface area contributed by atoms with Crippen molar-refractivity contribution in [3.8, 4) is 0 Å². The Balaban J connectivity index is 1.31. The van der Waals surface area contributed by atoms with Crippen LogP contribution in [0.25, 0.3) is 0 Å². The first-order chi connectivity index (χ1) is 15.6. The minimum atomic E-state index is -0.527. The molecule has 7 heteroatoms. The number of nitrogens with zero attached hydrogens (tertiary/aromatic N) is 3. The van der Waals surface area contributed by atoms with E-state index in [9.17, 15) is 9.59 Å². The van der Waals surface area contributed by atoms with Gasteiger partial charge in [-0.3, -0.25) is 4.79 Å². The van der Waals surface area contributed by atoms with Crippen molar-refractivity contribution in [3.05, 3.63) is 84.1 Å². The molecule has 7 nitrogen and oxygen atoms in total. The Morgan fingerprint density at radius 2 is 1.66 bits per heavy atom. The average molecular weight is 431 g/mol. The molecule has 2 aromatic carbocycles. The highest BCUT2D eigenvalue weighted by Crippen LogP contribution is 2.22. The Hall–Kier alpha value is -3.87. The molecule has 164 valence electrons. The van der Waals surface area contributed by atoms with Gasteiger partial charge < -0.3 is 19.9 Å². The molecule has 0 bridgehead atoms. The van der Waals surface area contributed by atoms with Gasteiger partial charge in [0.05, 0.1) is 11.3 Å². The van der Waals surface area contributed by atoms with E-state index in [4.69, 9.17) is 4.74 Å². The van der Waals surface area contributed by atoms with Crippen LogP contribution in [0.5, 0.6) is 0 Å². The summed E-state index contributed by atoms with van der Waals surface area (Å²) in [7, 11) is 0. The molecule has 1 amide bonds. The lowest BCUT2D eigenvalue weighted by molar-refractivity contribution is -0.134. The van der Waals surface area contributed by atoms with Gasteiger partial charge in [-0.2, -0.15) is 0 Å². The Labute approximate surface area is 187 Å². The fourth-order valence-electron chi connectivity index (χ4n) is 3.58. The highest BCUT2D eigenvalue weighted by atomic mass is 16.5. The van der Waals surface area contributed by atoms with Crippen molar-refractivity contribution in [2.75, 3.05) is 43.0 Å². The van der Waals surface area contributed by atoms with Gasteiger partial charge in [0, 0.05) is 38.1 Å². The number of anilines is 3. The molecule has 0 saturated carbocycles. The molecule has 2 heterocycles. The topological polar surface area (TPSA) is 74.8 Å². The molecular weight excluding hydrogens is 404 g/mol. The number of para-hydroxylation sites is 1. The van der Waals surface area contributed by atoms with Crippen LogP contribution in [0.3, 0.4) is 0 Å². The van der Waals surface area contributed by atoms with Crippen molar-refractivity contribution in [2.45, 2.75) is 6.92 Å². The number of nitrogens with one attached hydrogen (secondary N) is 1. The Bertz CT molecular complexity index is 1060. The highest BCUT2D eigenvalue weighted by Gasteiger charge is 2.23. The molecule has 0 aliphatic carbocycles. The maximum Gasteiger partial charge on any atom is 0.340 e. The second-order valence-corrected chi connectivity index (χ2v) is 7.67. The predicted octanol–water partition coefficient (Wildman–Crippen LogP) is 3.64. The largest absolute Gasteiger partial charge is 0.452 e. The van der Waals surface area contributed by atoms with Gasteiger partial charge in [0.15, 0.2) is 6.61 Å². The average Bonchev–Trinajstić information content (AvgIpc) is 2.85. The molecule has 4 rings (SSSR count). The van der Waals surface area contributed by atoms with E-state index in [-0.39, 0.29) is 12.5 Å². The summed E-state index contributed by atoms with van der Waals surface area (Å²) in [6.45, 7) is 4.27. The summed E-state index contributed by atoms with van der Waals surface area (Å²) in [6, 6.07) is 20.8. The second kappa shape index (κ2) is 9.96. The molecule has 1 aliphatic rings. The van der Waals surface area contributed by atoms with Crippen LogP contribution >= 0.6 is 0 Å². The number of amides is 1. The van der Waals surface area contributed by atoms with E-state index < -0.39 is 5.97 Å². The van der Waals surface area contributed by atoms with Crippen LogP contribution in [0, 0.1) is 6.92 Å². The minimum Gasteiger partial charge on any atom is -0.452 e. The number of carbonyl (C=O) groups is 2. The zero-order valence-electron chi connectivity index (χ0n) is 18.0. The van der Waals surface area contributed by atoms with E-state index in [1.165, 1.54) is 0 Å². The molecule has 32 heavy (non-hydrogen) atoms. The fourth-order valence-corrected chi connectivity index (χ4v) is 3.58. The molecule has 0 atom stereocenters. The third-order valence-electron chi connectivity index (χ3n) is 5.41. The number of aryl methyl sites for hydroxylation is 1. The predicted molar refractivity (Wildman–Crippen MR) is 124 cm³/mol. The van der Waals surface area contributed by atoms with Gasteiger partial charge in [0.1, 0.15) is 5.82 Å². The van der Waals surface area contributed by atoms with E-state index in [1.54, 1.807) is 23.2 Å². The van der Waals surface area contributed by atoms with Crippen LogP contribution in [0.2, 0.25) is 0 Å². The van der Waals surface area contributed by atoms with Crippen LogP contribution < -0.4 is 10.2 Å². The van der Waals surface area contributed by atoms with E-state index in [2.05, 4.69) is 15.2 Å². The zero-order chi connectivity index (χ0) is 22.3. The number of hydrogen-bond acceptors (Lipinski definition) is 6. The van der Waals surface area contributed by atoms with Crippen LogP contribution in [-0.4, -0.2) is 54.5 Å². The summed E-state index contributed by atoms with van der Waals surface area (Å²) in [5.41, 5.74) is 3.05. The normalized spacial score (nSPS) is 13.5. The first-order valence-electron chi connectivity index (χ1n) is 10.6. The summed E-state index contributed by atoms with van der Waals surface area (Å²) in [5.74, 6) is 0.187. The smallest absolute Gasteiger partial charge is 0.340 e. The number of esters is 1. The van der Waals surface area contributed by atoms with Crippen molar-refractivity contribution in [1.29, 1.82) is 0 Å². The third kappa shape index (κ3) is 5.24.